The number of rotatable bonds is 4. The van der Waals surface area contributed by atoms with Crippen molar-refractivity contribution in [2.24, 2.45) is 17.3 Å². The summed E-state index contributed by atoms with van der Waals surface area (Å²) < 4.78 is 0. The molecule has 212 valence electrons. The van der Waals surface area contributed by atoms with Crippen LogP contribution in [0.3, 0.4) is 0 Å². The van der Waals surface area contributed by atoms with E-state index in [1.807, 2.05) is 0 Å². The van der Waals surface area contributed by atoms with Gasteiger partial charge in [-0.25, -0.2) is 0 Å². The second kappa shape index (κ2) is 9.42. The molecule has 0 bridgehead atoms. The van der Waals surface area contributed by atoms with Gasteiger partial charge in [0.2, 0.25) is 0 Å². The topological polar surface area (TPSA) is 0 Å². The zero-order valence-corrected chi connectivity index (χ0v) is 26.2. The van der Waals surface area contributed by atoms with Crippen LogP contribution < -0.4 is 0 Å². The van der Waals surface area contributed by atoms with Gasteiger partial charge >= 0.3 is 0 Å². The monoisotopic (exact) mass is 556 g/mol. The lowest BCUT2D eigenvalue weighted by Crippen LogP contribution is -2.32. The summed E-state index contributed by atoms with van der Waals surface area (Å²) in [4.78, 5) is 0. The molecule has 0 aliphatic heterocycles. The van der Waals surface area contributed by atoms with E-state index in [-0.39, 0.29) is 5.41 Å². The molecule has 43 heavy (non-hydrogen) atoms. The standard InChI is InChI=1S/C43H40/c1-25(2)35-23-31-21-19-29-17-15-27-11-7-9-13-33(27)37(29)39(31)41(35)43(5,6)42-36(26(3)4)24-32-22-20-30-18-16-28-12-8-10-14-34(28)38(30)40(32)42/h7-26,41-42H,1-6H3. The van der Waals surface area contributed by atoms with Crippen molar-refractivity contribution < 1.29 is 0 Å². The molecule has 0 amide bonds. The van der Waals surface area contributed by atoms with Crippen LogP contribution in [0.25, 0.3) is 55.2 Å². The summed E-state index contributed by atoms with van der Waals surface area (Å²) in [5, 5.41) is 11.0. The van der Waals surface area contributed by atoms with Crippen LogP contribution in [0.1, 0.15) is 75.6 Å². The molecule has 0 spiro atoms. The first kappa shape index (κ1) is 26.5. The first-order valence-corrected chi connectivity index (χ1v) is 16.1. The molecule has 0 fully saturated rings. The van der Waals surface area contributed by atoms with E-state index in [1.54, 1.807) is 11.1 Å². The van der Waals surface area contributed by atoms with Crippen molar-refractivity contribution in [3.05, 3.63) is 130 Å². The number of fused-ring (bicyclic) bond motifs is 10. The van der Waals surface area contributed by atoms with Crippen LogP contribution in [-0.4, -0.2) is 0 Å². The minimum absolute atomic E-state index is 0.0703. The third-order valence-electron chi connectivity index (χ3n) is 10.7. The van der Waals surface area contributed by atoms with Gasteiger partial charge in [-0.05, 0) is 82.6 Å². The summed E-state index contributed by atoms with van der Waals surface area (Å²) >= 11 is 0. The molecule has 0 saturated heterocycles. The minimum atomic E-state index is -0.0703. The summed E-state index contributed by atoms with van der Waals surface area (Å²) in [5.41, 5.74) is 8.95. The summed E-state index contributed by atoms with van der Waals surface area (Å²) in [6.07, 6.45) is 5.08. The predicted molar refractivity (Wildman–Crippen MR) is 188 cm³/mol. The molecule has 6 aromatic carbocycles. The highest BCUT2D eigenvalue weighted by Gasteiger charge is 2.48. The molecule has 0 heterocycles. The van der Waals surface area contributed by atoms with Gasteiger partial charge in [0.05, 0.1) is 0 Å². The van der Waals surface area contributed by atoms with E-state index in [9.17, 15) is 0 Å². The first-order valence-electron chi connectivity index (χ1n) is 16.1. The van der Waals surface area contributed by atoms with Gasteiger partial charge in [0, 0.05) is 11.8 Å². The highest BCUT2D eigenvalue weighted by molar-refractivity contribution is 6.12. The Bertz CT molecular complexity index is 2010. The molecule has 0 saturated carbocycles. The van der Waals surface area contributed by atoms with Crippen molar-refractivity contribution >= 4 is 55.2 Å². The van der Waals surface area contributed by atoms with Gasteiger partial charge in [0.15, 0.2) is 0 Å². The molecule has 2 unspecified atom stereocenters. The maximum atomic E-state index is 2.58. The van der Waals surface area contributed by atoms with E-state index < -0.39 is 0 Å². The van der Waals surface area contributed by atoms with Crippen LogP contribution >= 0.6 is 0 Å². The van der Waals surface area contributed by atoms with Gasteiger partial charge < -0.3 is 0 Å². The van der Waals surface area contributed by atoms with E-state index in [0.717, 1.165) is 0 Å². The Morgan fingerprint density at radius 3 is 1.26 bits per heavy atom. The first-order chi connectivity index (χ1) is 20.8. The Labute approximate surface area is 255 Å². The summed E-state index contributed by atoms with van der Waals surface area (Å²) in [6.45, 7) is 14.7. The molecule has 2 aliphatic carbocycles. The Kier molecular flexibility index (Phi) is 5.80. The number of hydrogen-bond acceptors (Lipinski definition) is 0. The highest BCUT2D eigenvalue weighted by Crippen LogP contribution is 2.62. The van der Waals surface area contributed by atoms with Gasteiger partial charge in [0.25, 0.3) is 0 Å². The third-order valence-corrected chi connectivity index (χ3v) is 10.7. The number of hydrogen-bond donors (Lipinski definition) is 0. The molecule has 0 nitrogen and oxygen atoms in total. The predicted octanol–water partition coefficient (Wildman–Crippen LogP) is 12.3. The molecule has 0 heteroatoms. The molecule has 0 radical (unpaired) electrons. The van der Waals surface area contributed by atoms with Gasteiger partial charge in [0.1, 0.15) is 0 Å². The van der Waals surface area contributed by atoms with Crippen molar-refractivity contribution in [3.63, 3.8) is 0 Å². The van der Waals surface area contributed by atoms with Crippen molar-refractivity contribution in [2.45, 2.75) is 53.4 Å². The third kappa shape index (κ3) is 3.75. The summed E-state index contributed by atoms with van der Waals surface area (Å²) in [5.74, 6) is 1.53. The molecular formula is C43H40. The van der Waals surface area contributed by atoms with Gasteiger partial charge in [-0.1, -0.05) is 162 Å². The lowest BCUT2D eigenvalue weighted by atomic mass is 9.59. The van der Waals surface area contributed by atoms with Crippen LogP contribution in [0.2, 0.25) is 0 Å². The molecule has 0 N–H and O–H groups in total. The quantitative estimate of drug-likeness (QED) is 0.189. The van der Waals surface area contributed by atoms with Crippen molar-refractivity contribution in [3.8, 4) is 0 Å². The maximum Gasteiger partial charge on any atom is 0.0126 e. The average Bonchev–Trinajstić information content (AvgIpc) is 3.61. The van der Waals surface area contributed by atoms with Gasteiger partial charge in [-0.2, -0.15) is 0 Å². The summed E-state index contributed by atoms with van der Waals surface area (Å²) in [6, 6.07) is 36.6. The Balaban J connectivity index is 1.45. The molecular weight excluding hydrogens is 516 g/mol. The van der Waals surface area contributed by atoms with Crippen molar-refractivity contribution in [1.29, 1.82) is 0 Å². The number of benzene rings is 6. The zero-order valence-electron chi connectivity index (χ0n) is 26.2. The normalized spacial score (nSPS) is 18.2. The number of allylic oxidation sites excluding steroid dienone is 2. The average molecular weight is 557 g/mol. The van der Waals surface area contributed by atoms with Crippen molar-refractivity contribution in [1.82, 2.24) is 0 Å². The van der Waals surface area contributed by atoms with Crippen LogP contribution in [0.15, 0.2) is 108 Å². The van der Waals surface area contributed by atoms with Crippen molar-refractivity contribution in [2.75, 3.05) is 0 Å². The lowest BCUT2D eigenvalue weighted by molar-refractivity contribution is 0.260. The van der Waals surface area contributed by atoms with E-state index in [1.165, 1.54) is 65.3 Å². The SMILES string of the molecule is CC(C)C1=Cc2ccc3ccc4ccccc4c3c2C1C(C)(C)C1C(C(C)C)=Cc2ccc3ccc4ccccc4c3c21. The fourth-order valence-corrected chi connectivity index (χ4v) is 8.79. The lowest BCUT2D eigenvalue weighted by Gasteiger charge is -2.44. The second-order valence-corrected chi connectivity index (χ2v) is 14.2. The van der Waals surface area contributed by atoms with Crippen LogP contribution in [0, 0.1) is 17.3 Å². The second-order valence-electron chi connectivity index (χ2n) is 14.2. The smallest absolute Gasteiger partial charge is 0.0126 e. The van der Waals surface area contributed by atoms with Crippen LogP contribution in [0.5, 0.6) is 0 Å². The highest BCUT2D eigenvalue weighted by atomic mass is 14.5. The fourth-order valence-electron chi connectivity index (χ4n) is 8.79. The molecule has 2 aliphatic rings. The minimum Gasteiger partial charge on any atom is -0.0616 e. The van der Waals surface area contributed by atoms with E-state index in [2.05, 4.69) is 151 Å². The van der Waals surface area contributed by atoms with Gasteiger partial charge in [-0.3, -0.25) is 0 Å². The van der Waals surface area contributed by atoms with Crippen LogP contribution in [-0.2, 0) is 0 Å². The van der Waals surface area contributed by atoms with Crippen LogP contribution in [0.4, 0.5) is 0 Å². The Morgan fingerprint density at radius 1 is 0.465 bits per heavy atom. The van der Waals surface area contributed by atoms with Gasteiger partial charge in [-0.15, -0.1) is 0 Å². The molecule has 8 rings (SSSR count). The van der Waals surface area contributed by atoms with E-state index in [0.29, 0.717) is 23.7 Å². The van der Waals surface area contributed by atoms with E-state index >= 15 is 0 Å². The fraction of sp³-hybridized carbons (Fsp3) is 0.256. The molecule has 6 aromatic rings. The van der Waals surface area contributed by atoms with E-state index in [4.69, 9.17) is 0 Å². The Morgan fingerprint density at radius 2 is 0.837 bits per heavy atom. The maximum absolute atomic E-state index is 2.58. The largest absolute Gasteiger partial charge is 0.0616 e. The molecule has 2 atom stereocenters. The summed E-state index contributed by atoms with van der Waals surface area (Å²) in [7, 11) is 0. The Hall–Kier alpha value is -4.16. The zero-order chi connectivity index (χ0) is 29.6. The molecule has 0 aromatic heterocycles.